The second-order valence-corrected chi connectivity index (χ2v) is 12.4. The quantitative estimate of drug-likeness (QED) is 0.541. The standard InChI is InChI=1S/C21H27NO7S2/c1-21(2,3)29-20(23)22-11-12-28-15-9-10-17-18(13-15)30(24,25)14-19(17)31(26,27)16-7-5-4-6-8-16/h4-10,13,19,24-25H,11-12,14H2,1-3H3,(H,22,23). The molecule has 10 heteroatoms. The van der Waals surface area contributed by atoms with Crippen LogP contribution < -0.4 is 10.1 Å². The number of hydrogen-bond donors (Lipinski definition) is 3. The Morgan fingerprint density at radius 2 is 1.84 bits per heavy atom. The van der Waals surface area contributed by atoms with Crippen LogP contribution in [0.1, 0.15) is 31.6 Å². The molecular weight excluding hydrogens is 442 g/mol. The summed E-state index contributed by atoms with van der Waals surface area (Å²) < 4.78 is 57.9. The minimum atomic E-state index is -3.78. The zero-order chi connectivity index (χ0) is 22.9. The third kappa shape index (κ3) is 5.51. The Kier molecular flexibility index (Phi) is 6.56. The summed E-state index contributed by atoms with van der Waals surface area (Å²) in [5.41, 5.74) is -0.237. The Balaban J connectivity index is 1.70. The van der Waals surface area contributed by atoms with Crippen molar-refractivity contribution >= 4 is 26.5 Å². The number of benzene rings is 2. The van der Waals surface area contributed by atoms with Crippen LogP contribution in [0.4, 0.5) is 4.79 Å². The Morgan fingerprint density at radius 3 is 2.48 bits per heavy atom. The van der Waals surface area contributed by atoms with E-state index in [-0.39, 0.29) is 28.7 Å². The van der Waals surface area contributed by atoms with Gasteiger partial charge in [-0.2, -0.15) is 10.6 Å². The van der Waals surface area contributed by atoms with Gasteiger partial charge >= 0.3 is 6.09 Å². The molecule has 1 atom stereocenters. The molecule has 0 spiro atoms. The molecule has 3 N–H and O–H groups in total. The predicted molar refractivity (Wildman–Crippen MR) is 119 cm³/mol. The van der Waals surface area contributed by atoms with Gasteiger partial charge in [-0.3, -0.25) is 9.11 Å². The summed E-state index contributed by atoms with van der Waals surface area (Å²) in [6, 6.07) is 12.6. The molecule has 0 radical (unpaired) electrons. The first-order valence-corrected chi connectivity index (χ1v) is 12.9. The maximum atomic E-state index is 13.1. The summed E-state index contributed by atoms with van der Waals surface area (Å²) >= 11 is 0. The van der Waals surface area contributed by atoms with Crippen LogP contribution in [0, 0.1) is 0 Å². The highest BCUT2D eigenvalue weighted by molar-refractivity contribution is 8.25. The van der Waals surface area contributed by atoms with Crippen molar-refractivity contribution in [1.82, 2.24) is 5.32 Å². The molecule has 0 saturated heterocycles. The molecule has 1 aliphatic heterocycles. The lowest BCUT2D eigenvalue weighted by Gasteiger charge is -2.27. The zero-order valence-corrected chi connectivity index (χ0v) is 19.2. The van der Waals surface area contributed by atoms with Crippen LogP contribution in [0.2, 0.25) is 0 Å². The van der Waals surface area contributed by atoms with Gasteiger partial charge in [0.25, 0.3) is 0 Å². The Bertz CT molecular complexity index is 1050. The SMILES string of the molecule is CC(C)(C)OC(=O)NCCOc1ccc2c(c1)S(O)(O)CC2S(=O)(=O)c1ccccc1. The van der Waals surface area contributed by atoms with E-state index in [2.05, 4.69) is 5.32 Å². The van der Waals surface area contributed by atoms with E-state index in [9.17, 15) is 22.3 Å². The fourth-order valence-corrected chi connectivity index (χ4v) is 7.65. The third-order valence-corrected chi connectivity index (χ3v) is 8.72. The average Bonchev–Trinajstić information content (AvgIpc) is 2.96. The Hall–Kier alpha value is -2.27. The average molecular weight is 470 g/mol. The van der Waals surface area contributed by atoms with Crippen LogP contribution >= 0.6 is 10.6 Å². The first-order chi connectivity index (χ1) is 14.4. The molecule has 8 nitrogen and oxygen atoms in total. The van der Waals surface area contributed by atoms with Crippen LogP contribution in [-0.2, 0) is 14.6 Å². The summed E-state index contributed by atoms with van der Waals surface area (Å²) in [6.45, 7) is 5.60. The maximum Gasteiger partial charge on any atom is 0.407 e. The molecule has 2 aromatic carbocycles. The number of ether oxygens (including phenoxy) is 2. The lowest BCUT2D eigenvalue weighted by molar-refractivity contribution is 0.0520. The van der Waals surface area contributed by atoms with Crippen molar-refractivity contribution in [2.45, 2.75) is 41.4 Å². The lowest BCUT2D eigenvalue weighted by Crippen LogP contribution is -2.34. The fraction of sp³-hybridized carbons (Fsp3) is 0.381. The second-order valence-electron chi connectivity index (χ2n) is 8.16. The fourth-order valence-electron chi connectivity index (χ4n) is 3.21. The minimum Gasteiger partial charge on any atom is -0.492 e. The largest absolute Gasteiger partial charge is 0.492 e. The van der Waals surface area contributed by atoms with E-state index in [1.165, 1.54) is 18.2 Å². The molecule has 2 aromatic rings. The van der Waals surface area contributed by atoms with E-state index < -0.39 is 37.4 Å². The molecule has 1 aliphatic rings. The van der Waals surface area contributed by atoms with E-state index >= 15 is 0 Å². The van der Waals surface area contributed by atoms with E-state index in [1.807, 2.05) is 0 Å². The summed E-state index contributed by atoms with van der Waals surface area (Å²) in [6.07, 6.45) is -0.562. The summed E-state index contributed by atoms with van der Waals surface area (Å²) in [5.74, 6) is 0.0610. The van der Waals surface area contributed by atoms with Crippen LogP contribution in [0.15, 0.2) is 58.3 Å². The molecule has 170 valence electrons. The summed E-state index contributed by atoms with van der Waals surface area (Å²) in [7, 11) is -7.06. The summed E-state index contributed by atoms with van der Waals surface area (Å²) in [5, 5.41) is 1.52. The van der Waals surface area contributed by atoms with Gasteiger partial charge in [-0.1, -0.05) is 24.3 Å². The van der Waals surface area contributed by atoms with Crippen LogP contribution in [0.25, 0.3) is 0 Å². The molecule has 3 rings (SSSR count). The molecule has 0 bridgehead atoms. The van der Waals surface area contributed by atoms with E-state index in [1.54, 1.807) is 51.1 Å². The normalized spacial score (nSPS) is 18.7. The van der Waals surface area contributed by atoms with Gasteiger partial charge in [-0.05, 0) is 44.5 Å². The van der Waals surface area contributed by atoms with Crippen molar-refractivity contribution in [3.63, 3.8) is 0 Å². The van der Waals surface area contributed by atoms with Gasteiger partial charge in [0, 0.05) is 6.07 Å². The number of amides is 1. The molecular formula is C21H27NO7S2. The van der Waals surface area contributed by atoms with Crippen molar-refractivity contribution in [1.29, 1.82) is 0 Å². The monoisotopic (exact) mass is 469 g/mol. The van der Waals surface area contributed by atoms with E-state index in [0.29, 0.717) is 11.3 Å². The number of carbonyl (C=O) groups excluding carboxylic acids is 1. The van der Waals surface area contributed by atoms with Crippen molar-refractivity contribution in [2.24, 2.45) is 0 Å². The van der Waals surface area contributed by atoms with Gasteiger partial charge in [0.05, 0.1) is 22.1 Å². The molecule has 0 aliphatic carbocycles. The number of carbonyl (C=O) groups is 1. The Labute approximate surface area is 183 Å². The Morgan fingerprint density at radius 1 is 1.16 bits per heavy atom. The molecule has 1 heterocycles. The molecule has 0 aromatic heterocycles. The van der Waals surface area contributed by atoms with Gasteiger partial charge < -0.3 is 14.8 Å². The van der Waals surface area contributed by atoms with Crippen molar-refractivity contribution < 1.29 is 31.8 Å². The highest BCUT2D eigenvalue weighted by Gasteiger charge is 2.43. The molecule has 31 heavy (non-hydrogen) atoms. The van der Waals surface area contributed by atoms with Gasteiger partial charge in [0.15, 0.2) is 9.84 Å². The predicted octanol–water partition coefficient (Wildman–Crippen LogP) is 4.23. The number of nitrogens with one attached hydrogen (secondary N) is 1. The van der Waals surface area contributed by atoms with Gasteiger partial charge in [0.2, 0.25) is 0 Å². The van der Waals surface area contributed by atoms with Crippen molar-refractivity contribution in [2.75, 3.05) is 18.9 Å². The number of hydrogen-bond acceptors (Lipinski definition) is 7. The highest BCUT2D eigenvalue weighted by Crippen LogP contribution is 2.61. The molecule has 1 unspecified atom stereocenters. The van der Waals surface area contributed by atoms with Gasteiger partial charge in [-0.15, -0.1) is 0 Å². The third-order valence-electron chi connectivity index (χ3n) is 4.55. The molecule has 0 fully saturated rings. The van der Waals surface area contributed by atoms with Crippen LogP contribution in [0.3, 0.4) is 0 Å². The molecule has 0 saturated carbocycles. The number of rotatable bonds is 6. The second kappa shape index (κ2) is 8.70. The van der Waals surface area contributed by atoms with E-state index in [4.69, 9.17) is 9.47 Å². The maximum absolute atomic E-state index is 13.1. The van der Waals surface area contributed by atoms with E-state index in [0.717, 1.165) is 0 Å². The number of sulfone groups is 1. The van der Waals surface area contributed by atoms with Gasteiger partial charge in [0.1, 0.15) is 23.2 Å². The first-order valence-electron chi connectivity index (χ1n) is 9.69. The van der Waals surface area contributed by atoms with Gasteiger partial charge in [-0.25, -0.2) is 13.2 Å². The topological polar surface area (TPSA) is 122 Å². The highest BCUT2D eigenvalue weighted by atomic mass is 32.3. The van der Waals surface area contributed by atoms with Crippen LogP contribution in [-0.4, -0.2) is 48.1 Å². The van der Waals surface area contributed by atoms with Crippen molar-refractivity contribution in [3.05, 3.63) is 54.1 Å². The van der Waals surface area contributed by atoms with Crippen molar-refractivity contribution in [3.8, 4) is 5.75 Å². The minimum absolute atomic E-state index is 0.128. The lowest BCUT2D eigenvalue weighted by atomic mass is 10.1. The molecule has 1 amide bonds. The van der Waals surface area contributed by atoms with Crippen LogP contribution in [0.5, 0.6) is 5.75 Å². The smallest absolute Gasteiger partial charge is 0.407 e. The first kappa shape index (κ1) is 23.4. The number of alkyl carbamates (subject to hydrolysis) is 1. The zero-order valence-electron chi connectivity index (χ0n) is 17.6. The number of fused-ring (bicyclic) bond motifs is 1. The summed E-state index contributed by atoms with van der Waals surface area (Å²) in [4.78, 5) is 12.0.